The molecule has 0 aromatic carbocycles. The van der Waals surface area contributed by atoms with Crippen molar-refractivity contribution >= 4 is 11.9 Å². The predicted molar refractivity (Wildman–Crippen MR) is 45.5 cm³/mol. The lowest BCUT2D eigenvalue weighted by atomic mass is 10.5. The van der Waals surface area contributed by atoms with Gasteiger partial charge in [0.05, 0.1) is 6.07 Å². The Labute approximate surface area is 76.3 Å². The molecule has 13 heavy (non-hydrogen) atoms. The minimum Gasteiger partial charge on any atom is -0.329 e. The van der Waals surface area contributed by atoms with E-state index in [1.54, 1.807) is 6.07 Å². The van der Waals surface area contributed by atoms with Crippen molar-refractivity contribution in [2.75, 3.05) is 19.6 Å². The molecule has 3 amide bonds. The molecule has 0 fully saturated rings. The van der Waals surface area contributed by atoms with Crippen LogP contribution in [0.3, 0.4) is 0 Å². The summed E-state index contributed by atoms with van der Waals surface area (Å²) >= 11 is 0. The minimum absolute atomic E-state index is 0.118. The fraction of sp³-hybridized carbons (Fsp3) is 0.571. The third kappa shape index (κ3) is 4.08. The van der Waals surface area contributed by atoms with Crippen LogP contribution in [0.4, 0.5) is 4.79 Å². The Kier molecular flexibility index (Phi) is 5.23. The third-order valence-corrected chi connectivity index (χ3v) is 1.30. The molecular formula is C7H12N4O2. The molecular weight excluding hydrogens is 172 g/mol. The number of urea groups is 1. The van der Waals surface area contributed by atoms with E-state index in [2.05, 4.69) is 5.32 Å². The molecule has 72 valence electrons. The molecule has 0 heterocycles. The molecule has 3 N–H and O–H groups in total. The Hall–Kier alpha value is -1.61. The average molecular weight is 184 g/mol. The Morgan fingerprint density at radius 2 is 2.23 bits per heavy atom. The number of rotatable bonds is 3. The summed E-state index contributed by atoms with van der Waals surface area (Å²) in [5.74, 6) is -0.388. The summed E-state index contributed by atoms with van der Waals surface area (Å²) in [6.45, 7) is 1.51. The van der Waals surface area contributed by atoms with Crippen LogP contribution in [0.2, 0.25) is 0 Å². The van der Waals surface area contributed by atoms with Gasteiger partial charge < -0.3 is 11.1 Å². The van der Waals surface area contributed by atoms with Crippen molar-refractivity contribution < 1.29 is 9.59 Å². The van der Waals surface area contributed by atoms with Crippen LogP contribution < -0.4 is 11.1 Å². The highest BCUT2D eigenvalue weighted by molar-refractivity contribution is 5.93. The summed E-state index contributed by atoms with van der Waals surface area (Å²) < 4.78 is 0. The van der Waals surface area contributed by atoms with Crippen molar-refractivity contribution in [3.05, 3.63) is 0 Å². The van der Waals surface area contributed by atoms with Gasteiger partial charge in [0, 0.05) is 20.0 Å². The highest BCUT2D eigenvalue weighted by atomic mass is 16.2. The van der Waals surface area contributed by atoms with Crippen LogP contribution in [0.5, 0.6) is 0 Å². The molecule has 0 atom stereocenters. The van der Waals surface area contributed by atoms with E-state index in [9.17, 15) is 9.59 Å². The number of hydrogen-bond donors (Lipinski definition) is 2. The fourth-order valence-electron chi connectivity index (χ4n) is 0.742. The van der Waals surface area contributed by atoms with E-state index in [0.717, 1.165) is 4.90 Å². The number of nitrogens with two attached hydrogens (primary N) is 1. The van der Waals surface area contributed by atoms with Crippen LogP contribution in [0.25, 0.3) is 0 Å². The zero-order valence-corrected chi connectivity index (χ0v) is 7.41. The van der Waals surface area contributed by atoms with Crippen molar-refractivity contribution in [1.29, 1.82) is 5.26 Å². The SMILES string of the molecule is CC(=O)N(CCN)C(=O)NCC#N. The Balaban J connectivity index is 4.13. The Morgan fingerprint density at radius 3 is 2.62 bits per heavy atom. The molecule has 0 aliphatic heterocycles. The summed E-state index contributed by atoms with van der Waals surface area (Å²) in [6.07, 6.45) is 0. The van der Waals surface area contributed by atoms with Gasteiger partial charge in [-0.25, -0.2) is 4.79 Å². The molecule has 0 radical (unpaired) electrons. The molecule has 0 saturated heterocycles. The number of hydrogen-bond acceptors (Lipinski definition) is 4. The Bertz CT molecular complexity index is 233. The maximum absolute atomic E-state index is 11.1. The highest BCUT2D eigenvalue weighted by Gasteiger charge is 2.15. The fourth-order valence-corrected chi connectivity index (χ4v) is 0.742. The maximum Gasteiger partial charge on any atom is 0.324 e. The number of nitrogens with one attached hydrogen (secondary N) is 1. The second-order valence-corrected chi connectivity index (χ2v) is 2.28. The van der Waals surface area contributed by atoms with E-state index in [4.69, 9.17) is 11.0 Å². The molecule has 0 spiro atoms. The van der Waals surface area contributed by atoms with Crippen LogP contribution in [0, 0.1) is 11.3 Å². The van der Waals surface area contributed by atoms with Gasteiger partial charge >= 0.3 is 6.03 Å². The number of nitrogens with zero attached hydrogens (tertiary/aromatic N) is 2. The largest absolute Gasteiger partial charge is 0.329 e. The van der Waals surface area contributed by atoms with Gasteiger partial charge in [-0.05, 0) is 0 Å². The van der Waals surface area contributed by atoms with Crippen molar-refractivity contribution in [1.82, 2.24) is 10.2 Å². The number of carbonyl (C=O) groups is 2. The van der Waals surface area contributed by atoms with E-state index in [-0.39, 0.29) is 25.5 Å². The number of imide groups is 1. The molecule has 6 nitrogen and oxygen atoms in total. The second kappa shape index (κ2) is 5.97. The van der Waals surface area contributed by atoms with Crippen LogP contribution in [0.1, 0.15) is 6.92 Å². The van der Waals surface area contributed by atoms with Crippen LogP contribution in [-0.2, 0) is 4.79 Å². The van der Waals surface area contributed by atoms with Gasteiger partial charge in [-0.2, -0.15) is 5.26 Å². The smallest absolute Gasteiger partial charge is 0.324 e. The topological polar surface area (TPSA) is 99.2 Å². The molecule has 0 aliphatic rings. The quantitative estimate of drug-likeness (QED) is 0.551. The molecule has 0 rings (SSSR count). The van der Waals surface area contributed by atoms with E-state index in [0.29, 0.717) is 0 Å². The van der Waals surface area contributed by atoms with Crippen molar-refractivity contribution in [2.24, 2.45) is 5.73 Å². The van der Waals surface area contributed by atoms with Crippen molar-refractivity contribution in [3.8, 4) is 6.07 Å². The monoisotopic (exact) mass is 184 g/mol. The lowest BCUT2D eigenvalue weighted by molar-refractivity contribution is -0.125. The summed E-state index contributed by atoms with van der Waals surface area (Å²) in [7, 11) is 0. The summed E-state index contributed by atoms with van der Waals surface area (Å²) in [5.41, 5.74) is 5.19. The lowest BCUT2D eigenvalue weighted by Gasteiger charge is -2.17. The van der Waals surface area contributed by atoms with Gasteiger partial charge in [-0.3, -0.25) is 9.69 Å². The van der Waals surface area contributed by atoms with E-state index in [1.807, 2.05) is 0 Å². The van der Waals surface area contributed by atoms with Crippen molar-refractivity contribution in [2.45, 2.75) is 6.92 Å². The van der Waals surface area contributed by atoms with Crippen LogP contribution in [-0.4, -0.2) is 36.5 Å². The number of amides is 3. The zero-order chi connectivity index (χ0) is 10.3. The summed E-state index contributed by atoms with van der Waals surface area (Å²) in [4.78, 5) is 22.9. The van der Waals surface area contributed by atoms with Gasteiger partial charge in [-0.15, -0.1) is 0 Å². The first-order valence-electron chi connectivity index (χ1n) is 3.76. The van der Waals surface area contributed by atoms with Gasteiger partial charge in [0.2, 0.25) is 5.91 Å². The second-order valence-electron chi connectivity index (χ2n) is 2.28. The summed E-state index contributed by atoms with van der Waals surface area (Å²) in [6, 6.07) is 1.15. The molecule has 0 saturated carbocycles. The van der Waals surface area contributed by atoms with E-state index >= 15 is 0 Å². The van der Waals surface area contributed by atoms with Gasteiger partial charge in [0.1, 0.15) is 6.54 Å². The first-order chi connectivity index (χ1) is 6.13. The standard InChI is InChI=1S/C7H12N4O2/c1-6(12)11(5-3-9)7(13)10-4-2-8/h3-5,9H2,1H3,(H,10,13). The molecule has 0 aliphatic carbocycles. The number of carbonyl (C=O) groups excluding carboxylic acids is 2. The van der Waals surface area contributed by atoms with Gasteiger partial charge in [0.15, 0.2) is 0 Å². The first kappa shape index (κ1) is 11.4. The van der Waals surface area contributed by atoms with Crippen LogP contribution in [0.15, 0.2) is 0 Å². The first-order valence-corrected chi connectivity index (χ1v) is 3.76. The van der Waals surface area contributed by atoms with Gasteiger partial charge in [-0.1, -0.05) is 0 Å². The maximum atomic E-state index is 11.1. The van der Waals surface area contributed by atoms with Gasteiger partial charge in [0.25, 0.3) is 0 Å². The molecule has 0 aromatic rings. The molecule has 0 aromatic heterocycles. The third-order valence-electron chi connectivity index (χ3n) is 1.30. The Morgan fingerprint density at radius 1 is 1.62 bits per heavy atom. The zero-order valence-electron chi connectivity index (χ0n) is 7.41. The van der Waals surface area contributed by atoms with E-state index < -0.39 is 6.03 Å². The molecule has 6 heteroatoms. The molecule has 0 unspecified atom stereocenters. The lowest BCUT2D eigenvalue weighted by Crippen LogP contribution is -2.45. The normalized spacial score (nSPS) is 8.69. The average Bonchev–Trinajstić information content (AvgIpc) is 2.09. The molecule has 0 bridgehead atoms. The summed E-state index contributed by atoms with van der Waals surface area (Å²) in [5, 5.41) is 10.4. The van der Waals surface area contributed by atoms with E-state index in [1.165, 1.54) is 6.92 Å². The predicted octanol–water partition coefficient (Wildman–Crippen LogP) is -0.973. The van der Waals surface area contributed by atoms with Crippen molar-refractivity contribution in [3.63, 3.8) is 0 Å². The number of nitriles is 1. The highest BCUT2D eigenvalue weighted by Crippen LogP contribution is 1.88. The minimum atomic E-state index is -0.584. The van der Waals surface area contributed by atoms with Crippen LogP contribution >= 0.6 is 0 Å².